The molecule has 0 aliphatic carbocycles. The van der Waals surface area contributed by atoms with Crippen molar-refractivity contribution in [1.82, 2.24) is 0 Å². The lowest BCUT2D eigenvalue weighted by atomic mass is 10.2. The molecule has 0 spiro atoms. The van der Waals surface area contributed by atoms with Gasteiger partial charge in [-0.05, 0) is 30.3 Å². The molecule has 2 nitrogen and oxygen atoms in total. The molecular formula is C14H10ClF3O2. The predicted molar refractivity (Wildman–Crippen MR) is 68.9 cm³/mol. The molecular weight excluding hydrogens is 293 g/mol. The summed E-state index contributed by atoms with van der Waals surface area (Å²) in [6, 6.07) is 9.21. The van der Waals surface area contributed by atoms with E-state index in [2.05, 4.69) is 0 Å². The maximum absolute atomic E-state index is 12.8. The summed E-state index contributed by atoms with van der Waals surface area (Å²) in [5.41, 5.74) is -0.562. The van der Waals surface area contributed by atoms with E-state index in [1.807, 2.05) is 0 Å². The summed E-state index contributed by atoms with van der Waals surface area (Å²) in [7, 11) is 0. The van der Waals surface area contributed by atoms with E-state index in [0.717, 1.165) is 6.07 Å². The topological polar surface area (TPSA) is 29.5 Å². The molecule has 0 atom stereocenters. The zero-order valence-electron chi connectivity index (χ0n) is 10.1. The van der Waals surface area contributed by atoms with E-state index >= 15 is 0 Å². The van der Waals surface area contributed by atoms with Crippen LogP contribution >= 0.6 is 11.6 Å². The first-order valence-corrected chi connectivity index (χ1v) is 6.03. The van der Waals surface area contributed by atoms with Crippen molar-refractivity contribution in [3.63, 3.8) is 0 Å². The number of ether oxygens (including phenoxy) is 1. The number of aliphatic hydroxyl groups excluding tert-OH is 1. The van der Waals surface area contributed by atoms with Gasteiger partial charge in [-0.2, -0.15) is 13.2 Å². The van der Waals surface area contributed by atoms with E-state index in [1.54, 1.807) is 0 Å². The zero-order chi connectivity index (χ0) is 14.8. The average Bonchev–Trinajstić information content (AvgIpc) is 2.40. The van der Waals surface area contributed by atoms with Gasteiger partial charge < -0.3 is 9.84 Å². The third kappa shape index (κ3) is 3.23. The summed E-state index contributed by atoms with van der Waals surface area (Å²) in [4.78, 5) is 0. The highest BCUT2D eigenvalue weighted by Gasteiger charge is 2.34. The summed E-state index contributed by atoms with van der Waals surface area (Å²) >= 11 is 5.76. The fraction of sp³-hybridized carbons (Fsp3) is 0.143. The third-order valence-corrected chi connectivity index (χ3v) is 2.84. The molecule has 0 aromatic heterocycles. The number of para-hydroxylation sites is 1. The second kappa shape index (κ2) is 5.73. The lowest BCUT2D eigenvalue weighted by Crippen LogP contribution is -2.07. The highest BCUT2D eigenvalue weighted by Crippen LogP contribution is 2.38. The Morgan fingerprint density at radius 3 is 2.40 bits per heavy atom. The molecule has 0 fully saturated rings. The van der Waals surface area contributed by atoms with Crippen LogP contribution in [0.3, 0.4) is 0 Å². The summed E-state index contributed by atoms with van der Waals surface area (Å²) < 4.78 is 43.8. The lowest BCUT2D eigenvalue weighted by molar-refractivity contribution is -0.138. The highest BCUT2D eigenvalue weighted by molar-refractivity contribution is 6.30. The first kappa shape index (κ1) is 14.7. The Bertz CT molecular complexity index is 612. The van der Waals surface area contributed by atoms with Crippen LogP contribution in [0.2, 0.25) is 5.02 Å². The van der Waals surface area contributed by atoms with Crippen LogP contribution in [0.1, 0.15) is 11.1 Å². The van der Waals surface area contributed by atoms with Gasteiger partial charge in [0.05, 0.1) is 12.2 Å². The minimum absolute atomic E-state index is 0.133. The second-order valence-electron chi connectivity index (χ2n) is 4.01. The first-order chi connectivity index (χ1) is 9.41. The number of benzene rings is 2. The monoisotopic (exact) mass is 302 g/mol. The van der Waals surface area contributed by atoms with Gasteiger partial charge in [-0.15, -0.1) is 0 Å². The number of hydrogen-bond donors (Lipinski definition) is 1. The molecule has 0 saturated heterocycles. The van der Waals surface area contributed by atoms with Crippen molar-refractivity contribution < 1.29 is 23.0 Å². The van der Waals surface area contributed by atoms with Crippen molar-refractivity contribution in [1.29, 1.82) is 0 Å². The minimum Gasteiger partial charge on any atom is -0.456 e. The highest BCUT2D eigenvalue weighted by atomic mass is 35.5. The van der Waals surface area contributed by atoms with E-state index in [1.165, 1.54) is 36.4 Å². The van der Waals surface area contributed by atoms with Gasteiger partial charge in [0.1, 0.15) is 11.5 Å². The molecule has 2 aromatic rings. The summed E-state index contributed by atoms with van der Waals surface area (Å²) in [6.45, 7) is -0.385. The van der Waals surface area contributed by atoms with Gasteiger partial charge >= 0.3 is 6.18 Å². The largest absolute Gasteiger partial charge is 0.456 e. The Morgan fingerprint density at radius 2 is 1.75 bits per heavy atom. The molecule has 0 radical (unpaired) electrons. The number of alkyl halides is 3. The van der Waals surface area contributed by atoms with Crippen LogP contribution in [0.15, 0.2) is 42.5 Å². The van der Waals surface area contributed by atoms with Crippen LogP contribution in [-0.2, 0) is 12.8 Å². The zero-order valence-corrected chi connectivity index (χ0v) is 10.9. The molecule has 2 rings (SSSR count). The van der Waals surface area contributed by atoms with Crippen molar-refractivity contribution >= 4 is 11.6 Å². The van der Waals surface area contributed by atoms with Crippen LogP contribution in [0.4, 0.5) is 13.2 Å². The summed E-state index contributed by atoms with van der Waals surface area (Å²) in [5, 5.41) is 9.56. The van der Waals surface area contributed by atoms with E-state index in [-0.39, 0.29) is 18.1 Å². The van der Waals surface area contributed by atoms with E-state index < -0.39 is 11.7 Å². The molecule has 0 amide bonds. The van der Waals surface area contributed by atoms with Crippen molar-refractivity contribution in [2.75, 3.05) is 0 Å². The van der Waals surface area contributed by atoms with Crippen molar-refractivity contribution in [3.8, 4) is 11.5 Å². The Kier molecular flexibility index (Phi) is 4.20. The molecule has 1 N–H and O–H groups in total. The normalized spacial score (nSPS) is 11.4. The number of hydrogen-bond acceptors (Lipinski definition) is 2. The van der Waals surface area contributed by atoms with Crippen LogP contribution < -0.4 is 4.74 Å². The summed E-state index contributed by atoms with van der Waals surface area (Å²) in [5.74, 6) is -0.189. The second-order valence-corrected chi connectivity index (χ2v) is 4.44. The number of rotatable bonds is 3. The Hall–Kier alpha value is -1.72. The Labute approximate surface area is 118 Å². The van der Waals surface area contributed by atoms with Gasteiger partial charge in [0, 0.05) is 10.6 Å². The standard InChI is InChI=1S/C14H10ClF3O2/c15-10-5-6-12(9(7-10)8-19)20-13-4-2-1-3-11(13)14(16,17)18/h1-7,19H,8H2. The molecule has 20 heavy (non-hydrogen) atoms. The van der Waals surface area contributed by atoms with Gasteiger partial charge in [0.15, 0.2) is 0 Å². The fourth-order valence-corrected chi connectivity index (χ4v) is 1.87. The molecule has 2 aromatic carbocycles. The van der Waals surface area contributed by atoms with E-state index in [9.17, 15) is 18.3 Å². The SMILES string of the molecule is OCc1cc(Cl)ccc1Oc1ccccc1C(F)(F)F. The van der Waals surface area contributed by atoms with Gasteiger partial charge in [0.2, 0.25) is 0 Å². The first-order valence-electron chi connectivity index (χ1n) is 5.65. The van der Waals surface area contributed by atoms with Gasteiger partial charge in [-0.1, -0.05) is 23.7 Å². The smallest absolute Gasteiger partial charge is 0.419 e. The molecule has 0 heterocycles. The van der Waals surface area contributed by atoms with E-state index in [4.69, 9.17) is 16.3 Å². The molecule has 6 heteroatoms. The third-order valence-electron chi connectivity index (χ3n) is 2.61. The Balaban J connectivity index is 2.41. The quantitative estimate of drug-likeness (QED) is 0.894. The summed E-state index contributed by atoms with van der Waals surface area (Å²) in [6.07, 6.45) is -4.51. The van der Waals surface area contributed by atoms with Crippen molar-refractivity contribution in [2.24, 2.45) is 0 Å². The maximum atomic E-state index is 12.8. The van der Waals surface area contributed by atoms with Crippen LogP contribution in [0.5, 0.6) is 11.5 Å². The van der Waals surface area contributed by atoms with Crippen LogP contribution in [0, 0.1) is 0 Å². The maximum Gasteiger partial charge on any atom is 0.419 e. The van der Waals surface area contributed by atoms with Crippen LogP contribution in [-0.4, -0.2) is 5.11 Å². The number of aliphatic hydroxyl groups is 1. The van der Waals surface area contributed by atoms with Crippen LogP contribution in [0.25, 0.3) is 0 Å². The average molecular weight is 303 g/mol. The molecule has 0 aliphatic heterocycles. The lowest BCUT2D eigenvalue weighted by Gasteiger charge is -2.15. The van der Waals surface area contributed by atoms with E-state index in [0.29, 0.717) is 10.6 Å². The fourth-order valence-electron chi connectivity index (χ4n) is 1.68. The van der Waals surface area contributed by atoms with Gasteiger partial charge in [-0.25, -0.2) is 0 Å². The van der Waals surface area contributed by atoms with Gasteiger partial charge in [0.25, 0.3) is 0 Å². The molecule has 0 saturated carbocycles. The minimum atomic E-state index is -4.51. The van der Waals surface area contributed by atoms with Gasteiger partial charge in [-0.3, -0.25) is 0 Å². The molecule has 106 valence electrons. The molecule has 0 aliphatic rings. The Morgan fingerprint density at radius 1 is 1.05 bits per heavy atom. The predicted octanol–water partition coefficient (Wildman–Crippen LogP) is 4.64. The van der Waals surface area contributed by atoms with Crippen molar-refractivity contribution in [2.45, 2.75) is 12.8 Å². The number of halogens is 4. The molecule has 0 unspecified atom stereocenters. The van der Waals surface area contributed by atoms with Crippen molar-refractivity contribution in [3.05, 3.63) is 58.6 Å². The molecule has 0 bridgehead atoms.